The van der Waals surface area contributed by atoms with Crippen LogP contribution in [-0.2, 0) is 16.0 Å². The molecule has 2 atom stereocenters. The third-order valence-electron chi connectivity index (χ3n) is 3.37. The molecule has 2 rings (SSSR count). The summed E-state index contributed by atoms with van der Waals surface area (Å²) in [5.74, 6) is 0.793. The van der Waals surface area contributed by atoms with Gasteiger partial charge in [-0.3, -0.25) is 9.59 Å². The maximum Gasteiger partial charge on any atom is 0.223 e. The Morgan fingerprint density at radius 1 is 1.37 bits per heavy atom. The van der Waals surface area contributed by atoms with Crippen LogP contribution in [0.15, 0.2) is 17.5 Å². The van der Waals surface area contributed by atoms with Crippen LogP contribution in [0.4, 0.5) is 0 Å². The number of amides is 2. The molecule has 0 spiro atoms. The summed E-state index contributed by atoms with van der Waals surface area (Å²) in [5.41, 5.74) is 0. The van der Waals surface area contributed by atoms with Crippen LogP contribution in [0.25, 0.3) is 0 Å². The maximum absolute atomic E-state index is 11.5. The van der Waals surface area contributed by atoms with Gasteiger partial charge in [-0.15, -0.1) is 11.3 Å². The fourth-order valence-corrected chi connectivity index (χ4v) is 2.70. The average Bonchev–Trinajstić information content (AvgIpc) is 2.89. The minimum atomic E-state index is 0.000650. The molecule has 0 bridgehead atoms. The normalized spacial score (nSPS) is 20.9. The first-order chi connectivity index (χ1) is 9.16. The highest BCUT2D eigenvalue weighted by molar-refractivity contribution is 7.09. The summed E-state index contributed by atoms with van der Waals surface area (Å²) in [6.45, 7) is 3.17. The Bertz CT molecular complexity index is 431. The number of nitrogens with one attached hydrogen (secondary N) is 2. The molecular weight excluding hydrogens is 260 g/mol. The molecule has 2 amide bonds. The van der Waals surface area contributed by atoms with Crippen LogP contribution in [0.5, 0.6) is 0 Å². The summed E-state index contributed by atoms with van der Waals surface area (Å²) in [4.78, 5) is 24.3. The van der Waals surface area contributed by atoms with Gasteiger partial charge in [0.1, 0.15) is 0 Å². The van der Waals surface area contributed by atoms with Gasteiger partial charge in [-0.1, -0.05) is 13.0 Å². The zero-order valence-electron chi connectivity index (χ0n) is 11.1. The Kier molecular flexibility index (Phi) is 4.96. The third kappa shape index (κ3) is 4.67. The van der Waals surface area contributed by atoms with Gasteiger partial charge in [0.25, 0.3) is 0 Å². The van der Waals surface area contributed by atoms with E-state index in [1.807, 2.05) is 11.4 Å². The van der Waals surface area contributed by atoms with Crippen molar-refractivity contribution in [2.24, 2.45) is 11.8 Å². The fourth-order valence-electron chi connectivity index (χ4n) is 1.99. The van der Waals surface area contributed by atoms with Crippen molar-refractivity contribution in [2.45, 2.75) is 26.2 Å². The summed E-state index contributed by atoms with van der Waals surface area (Å²) >= 11 is 1.70. The van der Waals surface area contributed by atoms with E-state index in [4.69, 9.17) is 0 Å². The average molecular weight is 280 g/mol. The third-order valence-corrected chi connectivity index (χ3v) is 4.31. The molecule has 1 aromatic heterocycles. The predicted octanol–water partition coefficient (Wildman–Crippen LogP) is 1.57. The smallest absolute Gasteiger partial charge is 0.223 e. The topological polar surface area (TPSA) is 58.2 Å². The van der Waals surface area contributed by atoms with Crippen LogP contribution in [0.1, 0.15) is 24.6 Å². The summed E-state index contributed by atoms with van der Waals surface area (Å²) < 4.78 is 0. The van der Waals surface area contributed by atoms with Crippen LogP contribution in [0, 0.1) is 11.8 Å². The Hall–Kier alpha value is -1.36. The summed E-state index contributed by atoms with van der Waals surface area (Å²) in [6.07, 6.45) is 2.21. The molecule has 1 aliphatic carbocycles. The van der Waals surface area contributed by atoms with Crippen molar-refractivity contribution < 1.29 is 9.59 Å². The monoisotopic (exact) mass is 280 g/mol. The van der Waals surface area contributed by atoms with E-state index in [1.165, 1.54) is 4.88 Å². The minimum absolute atomic E-state index is 0.000650. The Labute approximate surface area is 117 Å². The van der Waals surface area contributed by atoms with Crippen molar-refractivity contribution in [2.75, 3.05) is 13.1 Å². The van der Waals surface area contributed by atoms with Gasteiger partial charge in [-0.05, 0) is 30.2 Å². The van der Waals surface area contributed by atoms with Gasteiger partial charge >= 0.3 is 0 Å². The van der Waals surface area contributed by atoms with Crippen LogP contribution in [-0.4, -0.2) is 24.9 Å². The molecule has 5 heteroatoms. The van der Waals surface area contributed by atoms with E-state index >= 15 is 0 Å². The second-order valence-corrected chi connectivity index (χ2v) is 6.07. The second kappa shape index (κ2) is 6.70. The van der Waals surface area contributed by atoms with Crippen molar-refractivity contribution in [1.82, 2.24) is 10.6 Å². The van der Waals surface area contributed by atoms with Crippen LogP contribution >= 0.6 is 11.3 Å². The highest BCUT2D eigenvalue weighted by atomic mass is 32.1. The summed E-state index contributed by atoms with van der Waals surface area (Å²) in [6, 6.07) is 4.07. The number of rotatable bonds is 7. The molecule has 0 aliphatic heterocycles. The molecule has 19 heavy (non-hydrogen) atoms. The first-order valence-corrected chi connectivity index (χ1v) is 7.61. The molecule has 4 nitrogen and oxygen atoms in total. The highest BCUT2D eigenvalue weighted by Crippen LogP contribution is 2.37. The molecule has 1 aromatic rings. The molecule has 0 aromatic carbocycles. The number of hydrogen-bond acceptors (Lipinski definition) is 3. The van der Waals surface area contributed by atoms with Gasteiger partial charge in [0.2, 0.25) is 11.8 Å². The molecule has 0 unspecified atom stereocenters. The van der Waals surface area contributed by atoms with E-state index < -0.39 is 0 Å². The number of hydrogen-bond donors (Lipinski definition) is 2. The molecule has 2 N–H and O–H groups in total. The van der Waals surface area contributed by atoms with Crippen molar-refractivity contribution >= 4 is 23.2 Å². The second-order valence-electron chi connectivity index (χ2n) is 5.04. The van der Waals surface area contributed by atoms with Crippen molar-refractivity contribution in [3.05, 3.63) is 22.4 Å². The van der Waals surface area contributed by atoms with Gasteiger partial charge in [0.05, 0.1) is 0 Å². The Morgan fingerprint density at radius 2 is 2.16 bits per heavy atom. The molecule has 1 aliphatic rings. The number of thiophene rings is 1. The number of carbonyl (C=O) groups is 2. The van der Waals surface area contributed by atoms with Gasteiger partial charge < -0.3 is 10.6 Å². The lowest BCUT2D eigenvalue weighted by molar-refractivity contribution is -0.123. The van der Waals surface area contributed by atoms with Crippen molar-refractivity contribution in [3.63, 3.8) is 0 Å². The van der Waals surface area contributed by atoms with Gasteiger partial charge in [0, 0.05) is 30.3 Å². The quantitative estimate of drug-likeness (QED) is 0.796. The lowest BCUT2D eigenvalue weighted by Gasteiger charge is -2.06. The summed E-state index contributed by atoms with van der Waals surface area (Å²) in [5, 5.41) is 7.71. The molecule has 1 saturated carbocycles. The van der Waals surface area contributed by atoms with E-state index in [2.05, 4.69) is 23.6 Å². The van der Waals surface area contributed by atoms with Crippen molar-refractivity contribution in [3.8, 4) is 0 Å². The van der Waals surface area contributed by atoms with Gasteiger partial charge in [-0.2, -0.15) is 0 Å². The molecule has 0 saturated heterocycles. The van der Waals surface area contributed by atoms with Crippen LogP contribution < -0.4 is 10.6 Å². The molecule has 104 valence electrons. The molecule has 1 fully saturated rings. The predicted molar refractivity (Wildman–Crippen MR) is 75.9 cm³/mol. The van der Waals surface area contributed by atoms with E-state index in [-0.39, 0.29) is 17.7 Å². The highest BCUT2D eigenvalue weighted by Gasteiger charge is 2.38. The number of carbonyl (C=O) groups excluding carboxylic acids is 2. The largest absolute Gasteiger partial charge is 0.356 e. The van der Waals surface area contributed by atoms with Crippen molar-refractivity contribution in [1.29, 1.82) is 0 Å². The first-order valence-electron chi connectivity index (χ1n) is 6.73. The molecule has 1 heterocycles. The van der Waals surface area contributed by atoms with Crippen LogP contribution in [0.2, 0.25) is 0 Å². The van der Waals surface area contributed by atoms with E-state index in [1.54, 1.807) is 11.3 Å². The molecular formula is C14H20N2O2S. The van der Waals surface area contributed by atoms with Gasteiger partial charge in [-0.25, -0.2) is 0 Å². The Morgan fingerprint density at radius 3 is 2.79 bits per heavy atom. The SMILES string of the molecule is C[C@H]1C[C@H]1C(=O)NCCC(=O)NCCc1cccs1. The first kappa shape index (κ1) is 14.1. The lowest BCUT2D eigenvalue weighted by Crippen LogP contribution is -2.32. The zero-order chi connectivity index (χ0) is 13.7. The van der Waals surface area contributed by atoms with E-state index in [0.29, 0.717) is 25.4 Å². The van der Waals surface area contributed by atoms with E-state index in [9.17, 15) is 9.59 Å². The molecule has 0 radical (unpaired) electrons. The summed E-state index contributed by atoms with van der Waals surface area (Å²) in [7, 11) is 0. The van der Waals surface area contributed by atoms with E-state index in [0.717, 1.165) is 12.8 Å². The Balaban J connectivity index is 1.51. The fraction of sp³-hybridized carbons (Fsp3) is 0.571. The van der Waals surface area contributed by atoms with Gasteiger partial charge in [0.15, 0.2) is 0 Å². The maximum atomic E-state index is 11.5. The van der Waals surface area contributed by atoms with Crippen LogP contribution in [0.3, 0.4) is 0 Å². The minimum Gasteiger partial charge on any atom is -0.356 e. The lowest BCUT2D eigenvalue weighted by atomic mass is 10.3. The standard InChI is InChI=1S/C14H20N2O2S/c1-10-9-12(10)14(18)16-7-5-13(17)15-6-4-11-3-2-8-19-11/h2-3,8,10,12H,4-7,9H2,1H3,(H,15,17)(H,16,18)/t10-,12+/m0/s1. The zero-order valence-corrected chi connectivity index (χ0v) is 12.0.